The van der Waals surface area contributed by atoms with Gasteiger partial charge < -0.3 is 14.6 Å². The van der Waals surface area contributed by atoms with Crippen molar-refractivity contribution in [2.75, 3.05) is 22.8 Å². The van der Waals surface area contributed by atoms with Gasteiger partial charge in [-0.15, -0.1) is 6.58 Å². The van der Waals surface area contributed by atoms with Crippen LogP contribution in [0.2, 0.25) is 5.02 Å². The van der Waals surface area contributed by atoms with Gasteiger partial charge in [0.05, 0.1) is 27.7 Å². The normalized spacial score (nSPS) is 11.0. The summed E-state index contributed by atoms with van der Waals surface area (Å²) in [5, 5.41) is 5.98. The Kier molecular flexibility index (Phi) is 7.52. The van der Waals surface area contributed by atoms with Crippen LogP contribution in [0.5, 0.6) is 0 Å². The second kappa shape index (κ2) is 10.3. The fourth-order valence-corrected chi connectivity index (χ4v) is 4.47. The van der Waals surface area contributed by atoms with Crippen LogP contribution in [0.4, 0.5) is 11.5 Å². The molecule has 2 aromatic carbocycles. The lowest BCUT2D eigenvalue weighted by molar-refractivity contribution is -0.119. The van der Waals surface area contributed by atoms with E-state index >= 15 is 0 Å². The number of esters is 1. The molecule has 0 spiro atoms. The molecule has 0 unspecified atom stereocenters. The lowest BCUT2D eigenvalue weighted by Gasteiger charge is -2.23. The Hall–Kier alpha value is -3.63. The Morgan fingerprint density at radius 1 is 1.21 bits per heavy atom. The average molecular weight is 490 g/mol. The van der Waals surface area contributed by atoms with Gasteiger partial charge in [0.2, 0.25) is 0 Å². The largest absolute Gasteiger partial charge is 0.452 e. The zero-order valence-corrected chi connectivity index (χ0v) is 19.1. The molecule has 0 saturated carbocycles. The second-order valence-corrected chi connectivity index (χ2v) is 9.02. The summed E-state index contributed by atoms with van der Waals surface area (Å²) in [6.07, 6.45) is 1.45. The maximum Gasteiger partial charge on any atom is 0.340 e. The highest BCUT2D eigenvalue weighted by Crippen LogP contribution is 2.27. The third-order valence-corrected chi connectivity index (χ3v) is 6.43. The van der Waals surface area contributed by atoms with Crippen LogP contribution < -0.4 is 9.62 Å². The average Bonchev–Trinajstić information content (AvgIpc) is 3.20. The first-order chi connectivity index (χ1) is 15.7. The molecular formula is C22H20ClN3O6S. The number of sulfonamides is 1. The number of halogens is 1. The van der Waals surface area contributed by atoms with Crippen LogP contribution in [-0.4, -0.2) is 38.6 Å². The minimum atomic E-state index is -4.06. The summed E-state index contributed by atoms with van der Waals surface area (Å²) >= 11 is 6.10. The van der Waals surface area contributed by atoms with Crippen LogP contribution in [0.3, 0.4) is 0 Å². The number of rotatable bonds is 9. The number of anilines is 2. The van der Waals surface area contributed by atoms with Gasteiger partial charge in [-0.2, -0.15) is 0 Å². The Morgan fingerprint density at radius 3 is 2.58 bits per heavy atom. The van der Waals surface area contributed by atoms with E-state index in [1.165, 1.54) is 24.3 Å². The lowest BCUT2D eigenvalue weighted by Crippen LogP contribution is -2.31. The molecule has 1 aromatic heterocycles. The third kappa shape index (κ3) is 5.79. The van der Waals surface area contributed by atoms with Gasteiger partial charge in [0.15, 0.2) is 12.4 Å². The standard InChI is InChI=1S/C22H20ClN3O6S/c1-3-11-26(16-7-5-4-6-8-16)33(29,30)17-9-10-19(23)18(13-17)22(28)31-14-21(27)24-20-12-15(2)32-25-20/h3-10,12-13H,1,11,14H2,2H3,(H,24,25,27). The van der Waals surface area contributed by atoms with Gasteiger partial charge >= 0.3 is 5.97 Å². The number of nitrogens with zero attached hydrogens (tertiary/aromatic N) is 2. The van der Waals surface area contributed by atoms with Crippen LogP contribution >= 0.6 is 11.6 Å². The number of hydrogen-bond donors (Lipinski definition) is 1. The fraction of sp³-hybridized carbons (Fsp3) is 0.136. The SMILES string of the molecule is C=CCN(c1ccccc1)S(=O)(=O)c1ccc(Cl)c(C(=O)OCC(=O)Nc2cc(C)on2)c1. The number of para-hydroxylation sites is 1. The summed E-state index contributed by atoms with van der Waals surface area (Å²) in [5.41, 5.74) is 0.227. The quantitative estimate of drug-likeness (QED) is 0.358. The summed E-state index contributed by atoms with van der Waals surface area (Å²) in [6.45, 7) is 4.64. The third-order valence-electron chi connectivity index (χ3n) is 4.31. The molecule has 1 heterocycles. The number of carbonyl (C=O) groups excluding carboxylic acids is 2. The van der Waals surface area contributed by atoms with Gasteiger partial charge in [0, 0.05) is 6.07 Å². The van der Waals surface area contributed by atoms with Crippen LogP contribution in [0, 0.1) is 6.92 Å². The smallest absolute Gasteiger partial charge is 0.340 e. The van der Waals surface area contributed by atoms with E-state index in [4.69, 9.17) is 20.9 Å². The molecule has 0 fully saturated rings. The van der Waals surface area contributed by atoms with Gasteiger partial charge in [-0.05, 0) is 37.3 Å². The van der Waals surface area contributed by atoms with Gasteiger partial charge in [-0.3, -0.25) is 9.10 Å². The molecule has 0 aliphatic heterocycles. The molecule has 0 aliphatic rings. The molecule has 172 valence electrons. The molecule has 1 N–H and O–H groups in total. The first kappa shape index (κ1) is 24.0. The topological polar surface area (TPSA) is 119 Å². The number of ether oxygens (including phenoxy) is 1. The van der Waals surface area contributed by atoms with Crippen molar-refractivity contribution in [3.63, 3.8) is 0 Å². The summed E-state index contributed by atoms with van der Waals surface area (Å²) in [5.74, 6) is -0.952. The minimum absolute atomic E-state index is 0.0104. The number of hydrogen-bond acceptors (Lipinski definition) is 7. The number of aromatic nitrogens is 1. The van der Waals surface area contributed by atoms with Crippen molar-refractivity contribution >= 4 is 45.0 Å². The fourth-order valence-electron chi connectivity index (χ4n) is 2.82. The highest BCUT2D eigenvalue weighted by molar-refractivity contribution is 7.92. The van der Waals surface area contributed by atoms with Crippen molar-refractivity contribution in [2.45, 2.75) is 11.8 Å². The minimum Gasteiger partial charge on any atom is -0.452 e. The van der Waals surface area contributed by atoms with E-state index in [2.05, 4.69) is 17.1 Å². The van der Waals surface area contributed by atoms with E-state index in [9.17, 15) is 18.0 Å². The predicted molar refractivity (Wildman–Crippen MR) is 123 cm³/mol. The summed E-state index contributed by atoms with van der Waals surface area (Å²) in [4.78, 5) is 24.3. The van der Waals surface area contributed by atoms with Crippen molar-refractivity contribution in [3.05, 3.63) is 83.6 Å². The summed E-state index contributed by atoms with van der Waals surface area (Å²) in [7, 11) is -4.06. The molecule has 0 atom stereocenters. The van der Waals surface area contributed by atoms with Crippen LogP contribution in [0.25, 0.3) is 0 Å². The molecule has 9 nitrogen and oxygen atoms in total. The van der Waals surface area contributed by atoms with Gasteiger partial charge in [0.1, 0.15) is 5.76 Å². The Labute approximate surface area is 195 Å². The second-order valence-electron chi connectivity index (χ2n) is 6.75. The van der Waals surface area contributed by atoms with Crippen molar-refractivity contribution < 1.29 is 27.3 Å². The molecule has 3 aromatic rings. The Morgan fingerprint density at radius 2 is 1.94 bits per heavy atom. The molecule has 0 radical (unpaired) electrons. The van der Waals surface area contributed by atoms with Crippen LogP contribution in [0.1, 0.15) is 16.1 Å². The van der Waals surface area contributed by atoms with E-state index in [1.54, 1.807) is 37.3 Å². The maximum atomic E-state index is 13.3. The molecular weight excluding hydrogens is 470 g/mol. The van der Waals surface area contributed by atoms with Crippen molar-refractivity contribution in [2.24, 2.45) is 0 Å². The van der Waals surface area contributed by atoms with Gasteiger partial charge in [-0.25, -0.2) is 13.2 Å². The van der Waals surface area contributed by atoms with Gasteiger partial charge in [0.25, 0.3) is 15.9 Å². The van der Waals surface area contributed by atoms with E-state index in [-0.39, 0.29) is 27.8 Å². The monoisotopic (exact) mass is 489 g/mol. The van der Waals surface area contributed by atoms with Crippen molar-refractivity contribution in [1.29, 1.82) is 0 Å². The number of carbonyl (C=O) groups is 2. The molecule has 11 heteroatoms. The van der Waals surface area contributed by atoms with Crippen LogP contribution in [0.15, 0.2) is 76.7 Å². The lowest BCUT2D eigenvalue weighted by atomic mass is 10.2. The van der Waals surface area contributed by atoms with Crippen LogP contribution in [-0.2, 0) is 19.6 Å². The number of aryl methyl sites for hydroxylation is 1. The molecule has 0 saturated heterocycles. The number of nitrogens with one attached hydrogen (secondary N) is 1. The molecule has 0 bridgehead atoms. The highest BCUT2D eigenvalue weighted by atomic mass is 35.5. The first-order valence-electron chi connectivity index (χ1n) is 9.61. The maximum absolute atomic E-state index is 13.3. The molecule has 1 amide bonds. The Balaban J connectivity index is 1.79. The van der Waals surface area contributed by atoms with Gasteiger partial charge in [-0.1, -0.05) is 41.0 Å². The summed E-state index contributed by atoms with van der Waals surface area (Å²) in [6, 6.07) is 13.6. The number of amides is 1. The molecule has 3 rings (SSSR count). The molecule has 33 heavy (non-hydrogen) atoms. The Bertz CT molecular complexity index is 1270. The zero-order chi connectivity index (χ0) is 24.0. The molecule has 0 aliphatic carbocycles. The first-order valence-corrected chi connectivity index (χ1v) is 11.4. The van der Waals surface area contributed by atoms with E-state index in [0.717, 1.165) is 10.4 Å². The van der Waals surface area contributed by atoms with E-state index in [1.807, 2.05) is 0 Å². The number of benzene rings is 2. The zero-order valence-electron chi connectivity index (χ0n) is 17.5. The summed E-state index contributed by atoms with van der Waals surface area (Å²) < 4.78 is 37.5. The van der Waals surface area contributed by atoms with Crippen molar-refractivity contribution in [1.82, 2.24) is 5.16 Å². The van der Waals surface area contributed by atoms with E-state index < -0.39 is 28.5 Å². The van der Waals surface area contributed by atoms with E-state index in [0.29, 0.717) is 11.4 Å². The van der Waals surface area contributed by atoms with Crippen molar-refractivity contribution in [3.8, 4) is 0 Å². The highest BCUT2D eigenvalue weighted by Gasteiger charge is 2.26. The predicted octanol–water partition coefficient (Wildman–Crippen LogP) is 3.81.